The number of thiazole rings is 1. The molecule has 42 heavy (non-hydrogen) atoms. The highest BCUT2D eigenvalue weighted by atomic mass is 35.5. The average molecular weight is 624 g/mol. The fourth-order valence-corrected chi connectivity index (χ4v) is 8.00. The van der Waals surface area contributed by atoms with Crippen molar-refractivity contribution in [2.24, 2.45) is 5.92 Å². The normalized spacial score (nSPS) is 19.4. The number of esters is 1. The number of carbonyl (C=O) groups excluding carboxylic acids is 4. The number of imide groups is 1. The van der Waals surface area contributed by atoms with Crippen LogP contribution in [0.2, 0.25) is 5.02 Å². The van der Waals surface area contributed by atoms with Crippen LogP contribution in [0.5, 0.6) is 0 Å². The summed E-state index contributed by atoms with van der Waals surface area (Å²) in [5.74, 6) is -2.81. The van der Waals surface area contributed by atoms with Crippen LogP contribution >= 0.6 is 34.7 Å². The maximum absolute atomic E-state index is 13.8. The zero-order valence-electron chi connectivity index (χ0n) is 21.9. The quantitative estimate of drug-likeness (QED) is 0.230. The van der Waals surface area contributed by atoms with E-state index in [4.69, 9.17) is 20.8 Å². The lowest BCUT2D eigenvalue weighted by molar-refractivity contribution is -0.122. The molecule has 214 valence electrons. The van der Waals surface area contributed by atoms with Crippen molar-refractivity contribution < 1.29 is 28.3 Å². The molecule has 1 fully saturated rings. The fourth-order valence-electron chi connectivity index (χ4n) is 5.12. The van der Waals surface area contributed by atoms with Gasteiger partial charge in [0, 0.05) is 10.7 Å². The first kappa shape index (κ1) is 28.0. The highest BCUT2D eigenvalue weighted by Gasteiger charge is 2.57. The molecule has 0 radical (unpaired) electrons. The lowest BCUT2D eigenvalue weighted by Crippen LogP contribution is -2.32. The molecule has 10 nitrogen and oxygen atoms in total. The van der Waals surface area contributed by atoms with Crippen molar-refractivity contribution >= 4 is 69.8 Å². The molecular weight excluding hydrogens is 602 g/mol. The van der Waals surface area contributed by atoms with Crippen molar-refractivity contribution in [2.75, 3.05) is 16.8 Å². The number of hydrogen-bond donors (Lipinski definition) is 1. The second kappa shape index (κ2) is 11.3. The van der Waals surface area contributed by atoms with E-state index < -0.39 is 45.6 Å². The van der Waals surface area contributed by atoms with E-state index in [1.807, 2.05) is 0 Å². The molecule has 0 spiro atoms. The van der Waals surface area contributed by atoms with Crippen LogP contribution in [-0.2, 0) is 25.7 Å². The number of fused-ring (bicyclic) bond motifs is 2. The number of amides is 3. The molecule has 0 bridgehead atoms. The van der Waals surface area contributed by atoms with Gasteiger partial charge in [0.05, 0.1) is 45.9 Å². The molecule has 3 atom stereocenters. The summed E-state index contributed by atoms with van der Waals surface area (Å²) >= 11 is 8.06. The lowest BCUT2D eigenvalue weighted by atomic mass is 9.87. The number of thioether (sulfide) groups is 1. The van der Waals surface area contributed by atoms with Gasteiger partial charge in [0.2, 0.25) is 17.7 Å². The fraction of sp³-hybridized carbons (Fsp3) is 0.207. The van der Waals surface area contributed by atoms with Crippen molar-refractivity contribution in [3.63, 3.8) is 0 Å². The van der Waals surface area contributed by atoms with Gasteiger partial charge in [0.1, 0.15) is 17.6 Å². The Labute approximate surface area is 252 Å². The van der Waals surface area contributed by atoms with E-state index >= 15 is 0 Å². The van der Waals surface area contributed by atoms with E-state index in [2.05, 4.69) is 5.32 Å². The van der Waals surface area contributed by atoms with Crippen molar-refractivity contribution in [3.05, 3.63) is 97.8 Å². The zero-order chi connectivity index (χ0) is 29.5. The highest BCUT2D eigenvalue weighted by Crippen LogP contribution is 2.53. The maximum Gasteiger partial charge on any atom is 0.338 e. The van der Waals surface area contributed by atoms with Gasteiger partial charge in [-0.15, -0.1) is 0 Å². The molecule has 1 saturated heterocycles. The SMILES string of the molecule is CCOC(=O)c1ccc(NC(=O)Cn2c3c(sc2=O)[C@H](c2ccco2)C2C(=O)N(c4ccc(Cl)cc4)C(=O)C2S3)cc1. The Hall–Kier alpha value is -4.13. The number of nitrogens with one attached hydrogen (secondary N) is 1. The van der Waals surface area contributed by atoms with E-state index in [-0.39, 0.29) is 13.2 Å². The summed E-state index contributed by atoms with van der Waals surface area (Å²) in [6, 6.07) is 16.0. The zero-order valence-corrected chi connectivity index (χ0v) is 24.3. The number of furan rings is 1. The summed E-state index contributed by atoms with van der Waals surface area (Å²) in [5, 5.41) is 2.81. The van der Waals surface area contributed by atoms with E-state index in [9.17, 15) is 24.0 Å². The number of rotatable bonds is 7. The number of hydrogen-bond acceptors (Lipinski definition) is 9. The largest absolute Gasteiger partial charge is 0.469 e. The minimum atomic E-state index is -0.838. The van der Waals surface area contributed by atoms with E-state index in [1.165, 1.54) is 23.0 Å². The second-order valence-corrected chi connectivity index (χ2v) is 12.1. The Bertz CT molecular complexity index is 1750. The minimum Gasteiger partial charge on any atom is -0.469 e. The van der Waals surface area contributed by atoms with Crippen LogP contribution < -0.4 is 15.1 Å². The molecule has 2 aromatic carbocycles. The Morgan fingerprint density at radius 3 is 2.43 bits per heavy atom. The van der Waals surface area contributed by atoms with Crippen LogP contribution in [-0.4, -0.2) is 40.1 Å². The topological polar surface area (TPSA) is 128 Å². The Balaban J connectivity index is 1.30. The van der Waals surface area contributed by atoms with Crippen LogP contribution in [0.15, 0.2) is 81.2 Å². The van der Waals surface area contributed by atoms with Crippen LogP contribution in [0.25, 0.3) is 0 Å². The van der Waals surface area contributed by atoms with E-state index in [0.717, 1.165) is 28.0 Å². The second-order valence-electron chi connectivity index (χ2n) is 9.52. The molecule has 2 aliphatic heterocycles. The molecule has 0 saturated carbocycles. The van der Waals surface area contributed by atoms with Crippen LogP contribution in [0, 0.1) is 5.92 Å². The first-order chi connectivity index (χ1) is 20.3. The number of benzene rings is 2. The number of aromatic nitrogens is 1. The van der Waals surface area contributed by atoms with Gasteiger partial charge in [0.15, 0.2) is 0 Å². The predicted octanol–water partition coefficient (Wildman–Crippen LogP) is 4.77. The Morgan fingerprint density at radius 1 is 1.02 bits per heavy atom. The van der Waals surface area contributed by atoms with Crippen LogP contribution in [0.3, 0.4) is 0 Å². The Morgan fingerprint density at radius 2 is 1.76 bits per heavy atom. The molecule has 2 unspecified atom stereocenters. The van der Waals surface area contributed by atoms with Gasteiger partial charge in [0.25, 0.3) is 0 Å². The van der Waals surface area contributed by atoms with Crippen molar-refractivity contribution in [1.29, 1.82) is 0 Å². The Kier molecular flexibility index (Phi) is 7.52. The summed E-state index contributed by atoms with van der Waals surface area (Å²) in [5.41, 5.74) is 1.18. The number of carbonyl (C=O) groups is 4. The van der Waals surface area contributed by atoms with Gasteiger partial charge in [-0.25, -0.2) is 9.69 Å². The number of anilines is 2. The monoisotopic (exact) mass is 623 g/mol. The average Bonchev–Trinajstić information content (AvgIpc) is 3.67. The predicted molar refractivity (Wildman–Crippen MR) is 157 cm³/mol. The molecule has 6 rings (SSSR count). The number of nitrogens with zero attached hydrogens (tertiary/aromatic N) is 2. The third kappa shape index (κ3) is 4.95. The van der Waals surface area contributed by atoms with Gasteiger partial charge >= 0.3 is 10.8 Å². The van der Waals surface area contributed by atoms with Gasteiger partial charge < -0.3 is 14.5 Å². The summed E-state index contributed by atoms with van der Waals surface area (Å²) in [4.78, 5) is 66.9. The molecule has 4 heterocycles. The molecular formula is C29H22ClN3O7S2. The lowest BCUT2D eigenvalue weighted by Gasteiger charge is -2.29. The summed E-state index contributed by atoms with van der Waals surface area (Å²) in [6.45, 7) is 1.64. The first-order valence-electron chi connectivity index (χ1n) is 12.9. The smallest absolute Gasteiger partial charge is 0.338 e. The molecule has 2 aromatic heterocycles. The molecule has 13 heteroatoms. The third-order valence-electron chi connectivity index (χ3n) is 6.97. The molecule has 0 aliphatic carbocycles. The van der Waals surface area contributed by atoms with Crippen molar-refractivity contribution in [2.45, 2.75) is 29.7 Å². The third-order valence-corrected chi connectivity index (χ3v) is 9.82. The molecule has 3 amide bonds. The summed E-state index contributed by atoms with van der Waals surface area (Å²) < 4.78 is 12.0. The van der Waals surface area contributed by atoms with Gasteiger partial charge in [-0.1, -0.05) is 34.7 Å². The maximum atomic E-state index is 13.8. The summed E-state index contributed by atoms with van der Waals surface area (Å²) in [6.07, 6.45) is 1.48. The first-order valence-corrected chi connectivity index (χ1v) is 15.0. The minimum absolute atomic E-state index is 0.246. The van der Waals surface area contributed by atoms with Crippen LogP contribution in [0.1, 0.15) is 33.8 Å². The highest BCUT2D eigenvalue weighted by molar-refractivity contribution is 8.00. The molecule has 2 aliphatic rings. The van der Waals surface area contributed by atoms with Gasteiger partial charge in [-0.2, -0.15) is 0 Å². The van der Waals surface area contributed by atoms with Crippen LogP contribution in [0.4, 0.5) is 11.4 Å². The molecule has 4 aromatic rings. The number of halogens is 1. The van der Waals surface area contributed by atoms with E-state index in [0.29, 0.717) is 37.6 Å². The number of ether oxygens (including phenoxy) is 1. The van der Waals surface area contributed by atoms with Crippen molar-refractivity contribution in [1.82, 2.24) is 4.57 Å². The standard InChI is InChI=1S/C29H22ClN3O7S2/c1-2-39-28(37)15-5-9-17(10-6-15)31-20(34)14-32-27-24(42-29(32)38)21(19-4-3-13-40-19)22-23(41-27)26(36)33(25(22)35)18-11-7-16(30)8-12-18/h3-13,21-23H,2,14H2,1H3,(H,31,34)/t21-,22?,23?/m1/s1. The van der Waals surface area contributed by atoms with Crippen molar-refractivity contribution in [3.8, 4) is 0 Å². The molecule has 1 N–H and O–H groups in total. The van der Waals surface area contributed by atoms with Gasteiger partial charge in [-0.05, 0) is 67.6 Å². The van der Waals surface area contributed by atoms with Gasteiger partial charge in [-0.3, -0.25) is 23.7 Å². The van der Waals surface area contributed by atoms with E-state index in [1.54, 1.807) is 55.5 Å². The summed E-state index contributed by atoms with van der Waals surface area (Å²) in [7, 11) is 0.